The minimum absolute atomic E-state index is 0.602. The predicted octanol–water partition coefficient (Wildman–Crippen LogP) is 2.65. The van der Waals surface area contributed by atoms with E-state index in [1.54, 1.807) is 0 Å². The molecule has 0 amide bonds. The number of piperazine rings is 1. The molecule has 1 aliphatic heterocycles. The lowest BCUT2D eigenvalue weighted by Crippen LogP contribution is -2.51. The molecule has 1 atom stereocenters. The second-order valence-electron chi connectivity index (χ2n) is 5.67. The Labute approximate surface area is 123 Å². The normalized spacial score (nSPS) is 24.8. The number of rotatable bonds is 3. The number of hydrogen-bond donors (Lipinski definition) is 0. The molecule has 104 valence electrons. The summed E-state index contributed by atoms with van der Waals surface area (Å²) in [5.74, 6) is 2.72. The number of likely N-dealkylation sites (N-methyl/N-ethyl adjacent to an activating group) is 1. The molecule has 0 radical (unpaired) electrons. The molecule has 1 aromatic heterocycles. The quantitative estimate of drug-likeness (QED) is 0.800. The van der Waals surface area contributed by atoms with Gasteiger partial charge in [0.05, 0.1) is 0 Å². The zero-order valence-corrected chi connectivity index (χ0v) is 13.2. The highest BCUT2D eigenvalue weighted by Crippen LogP contribution is 2.39. The molecule has 0 N–H and O–H groups in total. The molecule has 1 unspecified atom stereocenters. The van der Waals surface area contributed by atoms with Gasteiger partial charge in [0.2, 0.25) is 0 Å². The topological polar surface area (TPSA) is 32.3 Å². The first kappa shape index (κ1) is 13.3. The van der Waals surface area contributed by atoms with Gasteiger partial charge in [-0.3, -0.25) is 4.90 Å². The van der Waals surface area contributed by atoms with Crippen LogP contribution in [0.15, 0.2) is 10.7 Å². The molecule has 19 heavy (non-hydrogen) atoms. The van der Waals surface area contributed by atoms with E-state index in [0.29, 0.717) is 12.0 Å². The summed E-state index contributed by atoms with van der Waals surface area (Å²) in [6.45, 7) is 5.50. The monoisotopic (exact) mass is 324 g/mol. The molecule has 1 saturated carbocycles. The fraction of sp³-hybridized carbons (Fsp3) is 0.714. The molecule has 2 aliphatic rings. The van der Waals surface area contributed by atoms with Gasteiger partial charge < -0.3 is 4.90 Å². The Bertz CT molecular complexity index is 461. The first-order valence-electron chi connectivity index (χ1n) is 7.17. The van der Waals surface area contributed by atoms with Gasteiger partial charge in [-0.05, 0) is 42.2 Å². The second kappa shape index (κ2) is 5.37. The molecule has 1 aromatic rings. The summed E-state index contributed by atoms with van der Waals surface area (Å²) in [5.41, 5.74) is 0. The van der Waals surface area contributed by atoms with E-state index in [0.717, 1.165) is 35.9 Å². The summed E-state index contributed by atoms with van der Waals surface area (Å²) in [4.78, 5) is 14.2. The van der Waals surface area contributed by atoms with Gasteiger partial charge in [0.15, 0.2) is 0 Å². The average molecular weight is 325 g/mol. The van der Waals surface area contributed by atoms with E-state index in [-0.39, 0.29) is 0 Å². The van der Waals surface area contributed by atoms with Crippen LogP contribution in [0.25, 0.3) is 0 Å². The fourth-order valence-electron chi connectivity index (χ4n) is 2.70. The van der Waals surface area contributed by atoms with E-state index in [1.165, 1.54) is 19.3 Å². The van der Waals surface area contributed by atoms with Crippen LogP contribution in [0.2, 0.25) is 0 Å². The largest absolute Gasteiger partial charge is 0.354 e. The van der Waals surface area contributed by atoms with Gasteiger partial charge in [-0.15, -0.1) is 0 Å². The standard InChI is InChI=1S/C14H21BrN4/c1-3-11-9-19(7-6-18(11)2)13-8-12(15)16-14(17-13)10-4-5-10/h8,10-11H,3-7,9H2,1-2H3. The minimum Gasteiger partial charge on any atom is -0.354 e. The molecule has 2 heterocycles. The van der Waals surface area contributed by atoms with Crippen LogP contribution in [-0.2, 0) is 0 Å². The summed E-state index contributed by atoms with van der Waals surface area (Å²) < 4.78 is 0.923. The zero-order valence-electron chi connectivity index (χ0n) is 11.6. The van der Waals surface area contributed by atoms with Crippen molar-refractivity contribution in [2.45, 2.75) is 38.1 Å². The maximum atomic E-state index is 4.78. The first-order valence-corrected chi connectivity index (χ1v) is 7.96. The highest BCUT2D eigenvalue weighted by atomic mass is 79.9. The van der Waals surface area contributed by atoms with E-state index in [1.807, 2.05) is 0 Å². The predicted molar refractivity (Wildman–Crippen MR) is 80.6 cm³/mol. The lowest BCUT2D eigenvalue weighted by atomic mass is 10.1. The molecule has 1 aliphatic carbocycles. The van der Waals surface area contributed by atoms with E-state index in [2.05, 4.69) is 50.8 Å². The third-order valence-electron chi connectivity index (χ3n) is 4.21. The van der Waals surface area contributed by atoms with Gasteiger partial charge in [-0.2, -0.15) is 0 Å². The van der Waals surface area contributed by atoms with Crippen molar-refractivity contribution in [1.82, 2.24) is 14.9 Å². The third kappa shape index (κ3) is 2.92. The Morgan fingerprint density at radius 1 is 1.32 bits per heavy atom. The fourth-order valence-corrected chi connectivity index (χ4v) is 3.09. The Kier molecular flexibility index (Phi) is 3.76. The summed E-state index contributed by atoms with van der Waals surface area (Å²) in [7, 11) is 2.22. The minimum atomic E-state index is 0.602. The Morgan fingerprint density at radius 3 is 2.79 bits per heavy atom. The Hall–Kier alpha value is -0.680. The van der Waals surface area contributed by atoms with Crippen LogP contribution in [0.3, 0.4) is 0 Å². The number of anilines is 1. The number of nitrogens with zero attached hydrogens (tertiary/aromatic N) is 4. The maximum Gasteiger partial charge on any atom is 0.135 e. The van der Waals surface area contributed by atoms with Crippen molar-refractivity contribution in [2.75, 3.05) is 31.6 Å². The van der Waals surface area contributed by atoms with Crippen LogP contribution in [-0.4, -0.2) is 47.6 Å². The van der Waals surface area contributed by atoms with Gasteiger partial charge in [0.25, 0.3) is 0 Å². The molecule has 5 heteroatoms. The molecule has 0 aromatic carbocycles. The van der Waals surface area contributed by atoms with Crippen molar-refractivity contribution in [3.8, 4) is 0 Å². The van der Waals surface area contributed by atoms with Gasteiger partial charge in [0.1, 0.15) is 16.2 Å². The van der Waals surface area contributed by atoms with Crippen molar-refractivity contribution in [3.05, 3.63) is 16.5 Å². The molecule has 3 rings (SSSR count). The summed E-state index contributed by atoms with van der Waals surface area (Å²) in [6, 6.07) is 2.69. The van der Waals surface area contributed by atoms with Crippen LogP contribution < -0.4 is 4.90 Å². The SMILES string of the molecule is CCC1CN(c2cc(Br)nc(C3CC3)n2)CCN1C. The highest BCUT2D eigenvalue weighted by Gasteiger charge is 2.29. The third-order valence-corrected chi connectivity index (χ3v) is 4.62. The van der Waals surface area contributed by atoms with Crippen molar-refractivity contribution in [1.29, 1.82) is 0 Å². The summed E-state index contributed by atoms with van der Waals surface area (Å²) in [6.07, 6.45) is 3.68. The van der Waals surface area contributed by atoms with Crippen molar-refractivity contribution in [3.63, 3.8) is 0 Å². The maximum absolute atomic E-state index is 4.78. The number of hydrogen-bond acceptors (Lipinski definition) is 4. The van der Waals surface area contributed by atoms with Gasteiger partial charge in [-0.1, -0.05) is 6.92 Å². The van der Waals surface area contributed by atoms with Crippen LogP contribution in [0, 0.1) is 0 Å². The molecule has 2 fully saturated rings. The molecule has 4 nitrogen and oxygen atoms in total. The summed E-state index contributed by atoms with van der Waals surface area (Å²) >= 11 is 3.53. The van der Waals surface area contributed by atoms with Crippen molar-refractivity contribution in [2.24, 2.45) is 0 Å². The average Bonchev–Trinajstić information content (AvgIpc) is 3.23. The van der Waals surface area contributed by atoms with Gasteiger partial charge in [0, 0.05) is 37.7 Å². The van der Waals surface area contributed by atoms with E-state index >= 15 is 0 Å². The van der Waals surface area contributed by atoms with E-state index in [4.69, 9.17) is 4.98 Å². The zero-order chi connectivity index (χ0) is 13.4. The summed E-state index contributed by atoms with van der Waals surface area (Å²) in [5, 5.41) is 0. The molecule has 1 saturated heterocycles. The Morgan fingerprint density at radius 2 is 2.11 bits per heavy atom. The number of aromatic nitrogens is 2. The highest BCUT2D eigenvalue weighted by molar-refractivity contribution is 9.10. The smallest absolute Gasteiger partial charge is 0.135 e. The van der Waals surface area contributed by atoms with Crippen LogP contribution >= 0.6 is 15.9 Å². The van der Waals surface area contributed by atoms with E-state index < -0.39 is 0 Å². The molecule has 0 spiro atoms. The van der Waals surface area contributed by atoms with Gasteiger partial charge in [-0.25, -0.2) is 9.97 Å². The van der Waals surface area contributed by atoms with Crippen molar-refractivity contribution < 1.29 is 0 Å². The lowest BCUT2D eigenvalue weighted by Gasteiger charge is -2.39. The second-order valence-corrected chi connectivity index (χ2v) is 6.48. The van der Waals surface area contributed by atoms with Crippen LogP contribution in [0.5, 0.6) is 0 Å². The van der Waals surface area contributed by atoms with Gasteiger partial charge >= 0.3 is 0 Å². The van der Waals surface area contributed by atoms with E-state index in [9.17, 15) is 0 Å². The Balaban J connectivity index is 1.81. The van der Waals surface area contributed by atoms with Crippen LogP contribution in [0.1, 0.15) is 37.9 Å². The number of halogens is 1. The molecular weight excluding hydrogens is 304 g/mol. The molecular formula is C14H21BrN4. The lowest BCUT2D eigenvalue weighted by molar-refractivity contribution is 0.213. The van der Waals surface area contributed by atoms with Crippen molar-refractivity contribution >= 4 is 21.7 Å². The van der Waals surface area contributed by atoms with Crippen LogP contribution in [0.4, 0.5) is 5.82 Å². The molecule has 0 bridgehead atoms. The first-order chi connectivity index (χ1) is 9.17.